The van der Waals surface area contributed by atoms with Gasteiger partial charge in [-0.1, -0.05) is 26.7 Å². The van der Waals surface area contributed by atoms with E-state index in [1.165, 1.54) is 12.8 Å². The summed E-state index contributed by atoms with van der Waals surface area (Å²) in [5, 5.41) is 0. The zero-order valence-electron chi connectivity index (χ0n) is 11.8. The Morgan fingerprint density at radius 3 is 2.59 bits per heavy atom. The number of carbonyl (C=O) groups excluding carboxylic acids is 1. The van der Waals surface area contributed by atoms with Crippen LogP contribution in [0.2, 0.25) is 0 Å². The van der Waals surface area contributed by atoms with E-state index in [1.54, 1.807) is 0 Å². The average Bonchev–Trinajstić information content (AvgIpc) is 2.36. The van der Waals surface area contributed by atoms with Crippen molar-refractivity contribution in [1.29, 1.82) is 0 Å². The minimum atomic E-state index is -0.380. The minimum absolute atomic E-state index is 0.224. The van der Waals surface area contributed by atoms with Crippen LogP contribution in [0.15, 0.2) is 0 Å². The third kappa shape index (κ3) is 3.21. The van der Waals surface area contributed by atoms with Gasteiger partial charge in [0.05, 0.1) is 5.41 Å². The molecule has 1 amide bonds. The Hall–Kier alpha value is -0.570. The predicted octanol–water partition coefficient (Wildman–Crippen LogP) is 2.40. The maximum Gasteiger partial charge on any atom is 0.229 e. The van der Waals surface area contributed by atoms with Crippen molar-refractivity contribution in [3.63, 3.8) is 0 Å². The molecule has 1 rings (SSSR count). The average molecular weight is 240 g/mol. The standard InChI is InChI=1S/C14H28N2O/c1-5-14(3,10-15)13(17)16(4)12-8-6-7-11(2)9-12/h11-12H,5-10,15H2,1-4H3. The molecule has 3 unspecified atom stereocenters. The molecule has 0 bridgehead atoms. The van der Waals surface area contributed by atoms with Gasteiger partial charge >= 0.3 is 0 Å². The van der Waals surface area contributed by atoms with Gasteiger partial charge < -0.3 is 10.6 Å². The SMILES string of the molecule is CCC(C)(CN)C(=O)N(C)C1CCCC(C)C1. The smallest absolute Gasteiger partial charge is 0.229 e. The summed E-state index contributed by atoms with van der Waals surface area (Å²) in [7, 11) is 1.95. The van der Waals surface area contributed by atoms with Gasteiger partial charge in [-0.2, -0.15) is 0 Å². The van der Waals surface area contributed by atoms with E-state index < -0.39 is 0 Å². The molecule has 100 valence electrons. The van der Waals surface area contributed by atoms with E-state index in [0.29, 0.717) is 12.6 Å². The highest BCUT2D eigenvalue weighted by Crippen LogP contribution is 2.30. The number of hydrogen-bond donors (Lipinski definition) is 1. The van der Waals surface area contributed by atoms with E-state index in [2.05, 4.69) is 6.92 Å². The fraction of sp³-hybridized carbons (Fsp3) is 0.929. The number of nitrogens with zero attached hydrogens (tertiary/aromatic N) is 1. The molecule has 1 aliphatic carbocycles. The third-order valence-corrected chi connectivity index (χ3v) is 4.52. The zero-order chi connectivity index (χ0) is 13.1. The van der Waals surface area contributed by atoms with Gasteiger partial charge in [-0.25, -0.2) is 0 Å². The highest BCUT2D eigenvalue weighted by Gasteiger charge is 2.35. The van der Waals surface area contributed by atoms with Gasteiger partial charge in [-0.05, 0) is 32.1 Å². The lowest BCUT2D eigenvalue weighted by atomic mass is 9.82. The van der Waals surface area contributed by atoms with Gasteiger partial charge in [-0.15, -0.1) is 0 Å². The van der Waals surface area contributed by atoms with Crippen LogP contribution in [0.5, 0.6) is 0 Å². The predicted molar refractivity (Wildman–Crippen MR) is 71.6 cm³/mol. The van der Waals surface area contributed by atoms with Crippen molar-refractivity contribution in [3.05, 3.63) is 0 Å². The maximum absolute atomic E-state index is 12.5. The first kappa shape index (κ1) is 14.5. The number of amides is 1. The molecule has 0 spiro atoms. The number of carbonyl (C=O) groups is 1. The van der Waals surface area contributed by atoms with Crippen LogP contribution in [0.1, 0.15) is 52.9 Å². The summed E-state index contributed by atoms with van der Waals surface area (Å²) in [4.78, 5) is 14.4. The Bertz CT molecular complexity index is 261. The molecular formula is C14H28N2O. The fourth-order valence-corrected chi connectivity index (χ4v) is 2.73. The monoisotopic (exact) mass is 240 g/mol. The third-order valence-electron chi connectivity index (χ3n) is 4.52. The van der Waals surface area contributed by atoms with E-state index in [4.69, 9.17) is 5.73 Å². The summed E-state index contributed by atoms with van der Waals surface area (Å²) in [6.45, 7) is 6.75. The number of nitrogens with two attached hydrogens (primary N) is 1. The quantitative estimate of drug-likeness (QED) is 0.820. The lowest BCUT2D eigenvalue weighted by Crippen LogP contribution is -2.49. The Labute approximate surface area is 106 Å². The van der Waals surface area contributed by atoms with Crippen LogP contribution in [-0.4, -0.2) is 30.4 Å². The molecule has 3 nitrogen and oxygen atoms in total. The normalized spacial score (nSPS) is 28.5. The van der Waals surface area contributed by atoms with Crippen LogP contribution in [0.3, 0.4) is 0 Å². The molecule has 0 aromatic heterocycles. The highest BCUT2D eigenvalue weighted by molar-refractivity contribution is 5.82. The van der Waals surface area contributed by atoms with Gasteiger partial charge in [0.1, 0.15) is 0 Å². The first-order valence-corrected chi connectivity index (χ1v) is 6.92. The Morgan fingerprint density at radius 2 is 2.12 bits per heavy atom. The van der Waals surface area contributed by atoms with Gasteiger partial charge in [0, 0.05) is 19.6 Å². The van der Waals surface area contributed by atoms with Crippen molar-refractivity contribution in [2.45, 2.75) is 58.9 Å². The van der Waals surface area contributed by atoms with Gasteiger partial charge in [0.25, 0.3) is 0 Å². The minimum Gasteiger partial charge on any atom is -0.342 e. The first-order valence-electron chi connectivity index (χ1n) is 6.92. The lowest BCUT2D eigenvalue weighted by Gasteiger charge is -2.39. The molecule has 1 fully saturated rings. The number of rotatable bonds is 4. The van der Waals surface area contributed by atoms with Crippen LogP contribution >= 0.6 is 0 Å². The van der Waals surface area contributed by atoms with Gasteiger partial charge in [0.15, 0.2) is 0 Å². The van der Waals surface area contributed by atoms with E-state index in [1.807, 2.05) is 25.8 Å². The van der Waals surface area contributed by atoms with E-state index >= 15 is 0 Å². The van der Waals surface area contributed by atoms with Crippen molar-refractivity contribution in [3.8, 4) is 0 Å². The number of hydrogen-bond acceptors (Lipinski definition) is 2. The highest BCUT2D eigenvalue weighted by atomic mass is 16.2. The summed E-state index contributed by atoms with van der Waals surface area (Å²) >= 11 is 0. The fourth-order valence-electron chi connectivity index (χ4n) is 2.73. The molecule has 17 heavy (non-hydrogen) atoms. The largest absolute Gasteiger partial charge is 0.342 e. The molecule has 1 saturated carbocycles. The van der Waals surface area contributed by atoms with Crippen LogP contribution in [0, 0.1) is 11.3 Å². The molecule has 0 aromatic rings. The Balaban J connectivity index is 2.68. The van der Waals surface area contributed by atoms with Crippen LogP contribution < -0.4 is 5.73 Å². The van der Waals surface area contributed by atoms with Crippen molar-refractivity contribution in [2.24, 2.45) is 17.1 Å². The summed E-state index contributed by atoms with van der Waals surface area (Å²) < 4.78 is 0. The van der Waals surface area contributed by atoms with E-state index in [-0.39, 0.29) is 11.3 Å². The molecule has 0 saturated heterocycles. The second-order valence-corrected chi connectivity index (χ2v) is 5.96. The summed E-state index contributed by atoms with van der Waals surface area (Å²) in [6, 6.07) is 0.420. The first-order chi connectivity index (χ1) is 7.94. The van der Waals surface area contributed by atoms with Crippen LogP contribution in [0.25, 0.3) is 0 Å². The molecular weight excluding hydrogens is 212 g/mol. The second-order valence-electron chi connectivity index (χ2n) is 5.96. The van der Waals surface area contributed by atoms with Crippen molar-refractivity contribution in [1.82, 2.24) is 4.90 Å². The Morgan fingerprint density at radius 1 is 1.47 bits per heavy atom. The van der Waals surface area contributed by atoms with Gasteiger partial charge in [-0.3, -0.25) is 4.79 Å². The molecule has 3 heteroatoms. The van der Waals surface area contributed by atoms with Crippen molar-refractivity contribution >= 4 is 5.91 Å². The Kier molecular flexibility index (Phi) is 4.99. The van der Waals surface area contributed by atoms with Gasteiger partial charge in [0.2, 0.25) is 5.91 Å². The summed E-state index contributed by atoms with van der Waals surface area (Å²) in [6.07, 6.45) is 5.66. The second kappa shape index (κ2) is 5.85. The molecule has 0 radical (unpaired) electrons. The topological polar surface area (TPSA) is 46.3 Å². The van der Waals surface area contributed by atoms with E-state index in [0.717, 1.165) is 25.2 Å². The summed E-state index contributed by atoms with van der Waals surface area (Å²) in [5.41, 5.74) is 5.39. The molecule has 1 aliphatic rings. The van der Waals surface area contributed by atoms with E-state index in [9.17, 15) is 4.79 Å². The molecule has 0 aromatic carbocycles. The molecule has 0 heterocycles. The zero-order valence-corrected chi connectivity index (χ0v) is 11.8. The van der Waals surface area contributed by atoms with Crippen LogP contribution in [0.4, 0.5) is 0 Å². The lowest BCUT2D eigenvalue weighted by molar-refractivity contribution is -0.142. The molecule has 2 N–H and O–H groups in total. The van der Waals surface area contributed by atoms with Crippen LogP contribution in [-0.2, 0) is 4.79 Å². The van der Waals surface area contributed by atoms with Crippen molar-refractivity contribution in [2.75, 3.05) is 13.6 Å². The molecule has 0 aliphatic heterocycles. The van der Waals surface area contributed by atoms with Crippen molar-refractivity contribution < 1.29 is 4.79 Å². The molecule has 3 atom stereocenters. The maximum atomic E-state index is 12.5. The summed E-state index contributed by atoms with van der Waals surface area (Å²) in [5.74, 6) is 0.969.